The molecule has 2 N–H and O–H groups in total. The minimum atomic E-state index is -0.648. The highest BCUT2D eigenvalue weighted by molar-refractivity contribution is 6.40. The fraction of sp³-hybridized carbons (Fsp3) is 0.333. The van der Waals surface area contributed by atoms with Gasteiger partial charge in [-0.25, -0.2) is 0 Å². The van der Waals surface area contributed by atoms with Crippen LogP contribution < -0.4 is 10.6 Å². The molecule has 0 spiro atoms. The third kappa shape index (κ3) is 5.44. The SMILES string of the molecule is Cc1cc(NC(=O)C(=O)NCC2CCN(Cc3cccnc3)CC2)c2ccccc2n1. The molecule has 3 heterocycles. The quantitative estimate of drug-likeness (QED) is 0.624. The van der Waals surface area contributed by atoms with Gasteiger partial charge in [0, 0.05) is 36.6 Å². The van der Waals surface area contributed by atoms with Crippen molar-refractivity contribution in [1.82, 2.24) is 20.2 Å². The molecule has 1 saturated heterocycles. The van der Waals surface area contributed by atoms with Crippen LogP contribution in [0.25, 0.3) is 10.9 Å². The molecular weight excluding hydrogens is 390 g/mol. The number of piperidine rings is 1. The van der Waals surface area contributed by atoms with E-state index in [9.17, 15) is 9.59 Å². The van der Waals surface area contributed by atoms with E-state index in [1.807, 2.05) is 43.5 Å². The van der Waals surface area contributed by atoms with Crippen molar-refractivity contribution in [3.05, 3.63) is 66.1 Å². The lowest BCUT2D eigenvalue weighted by atomic mass is 9.96. The number of hydrogen-bond donors (Lipinski definition) is 2. The molecule has 1 aromatic carbocycles. The monoisotopic (exact) mass is 417 g/mol. The van der Waals surface area contributed by atoms with E-state index in [0.29, 0.717) is 18.2 Å². The molecule has 7 heteroatoms. The van der Waals surface area contributed by atoms with Crippen molar-refractivity contribution in [2.45, 2.75) is 26.3 Å². The first kappa shape index (κ1) is 20.9. The van der Waals surface area contributed by atoms with E-state index in [-0.39, 0.29) is 0 Å². The van der Waals surface area contributed by atoms with Gasteiger partial charge >= 0.3 is 11.8 Å². The lowest BCUT2D eigenvalue weighted by Gasteiger charge is -2.31. The first-order chi connectivity index (χ1) is 15.1. The Hall–Kier alpha value is -3.32. The fourth-order valence-corrected chi connectivity index (χ4v) is 4.01. The van der Waals surface area contributed by atoms with Gasteiger partial charge in [0.15, 0.2) is 0 Å². The maximum atomic E-state index is 12.4. The van der Waals surface area contributed by atoms with Gasteiger partial charge < -0.3 is 10.6 Å². The summed E-state index contributed by atoms with van der Waals surface area (Å²) >= 11 is 0. The van der Waals surface area contributed by atoms with Crippen molar-refractivity contribution in [3.63, 3.8) is 0 Å². The molecule has 0 atom stereocenters. The van der Waals surface area contributed by atoms with Gasteiger partial charge in [0.2, 0.25) is 0 Å². The van der Waals surface area contributed by atoms with Crippen LogP contribution in [0.2, 0.25) is 0 Å². The number of aromatic nitrogens is 2. The van der Waals surface area contributed by atoms with Crippen LogP contribution in [0.5, 0.6) is 0 Å². The fourth-order valence-electron chi connectivity index (χ4n) is 4.01. The number of benzene rings is 1. The number of likely N-dealkylation sites (tertiary alicyclic amines) is 1. The number of rotatable bonds is 5. The molecule has 160 valence electrons. The molecule has 2 amide bonds. The number of aryl methyl sites for hydroxylation is 1. The van der Waals surface area contributed by atoms with Crippen molar-refractivity contribution < 1.29 is 9.59 Å². The van der Waals surface area contributed by atoms with Crippen LogP contribution >= 0.6 is 0 Å². The van der Waals surface area contributed by atoms with Crippen LogP contribution in [-0.2, 0) is 16.1 Å². The number of fused-ring (bicyclic) bond motifs is 1. The normalized spacial score (nSPS) is 15.0. The maximum Gasteiger partial charge on any atom is 0.313 e. The molecule has 31 heavy (non-hydrogen) atoms. The molecule has 3 aromatic rings. The zero-order valence-corrected chi connectivity index (χ0v) is 17.7. The van der Waals surface area contributed by atoms with E-state index in [1.165, 1.54) is 5.56 Å². The van der Waals surface area contributed by atoms with Gasteiger partial charge in [-0.3, -0.25) is 24.5 Å². The summed E-state index contributed by atoms with van der Waals surface area (Å²) < 4.78 is 0. The number of anilines is 1. The number of amides is 2. The first-order valence-corrected chi connectivity index (χ1v) is 10.7. The average molecular weight is 418 g/mol. The Bertz CT molecular complexity index is 1060. The smallest absolute Gasteiger partial charge is 0.313 e. The number of nitrogens with zero attached hydrogens (tertiary/aromatic N) is 3. The molecule has 0 saturated carbocycles. The lowest BCUT2D eigenvalue weighted by Crippen LogP contribution is -2.41. The summed E-state index contributed by atoms with van der Waals surface area (Å²) in [5, 5.41) is 6.36. The highest BCUT2D eigenvalue weighted by Crippen LogP contribution is 2.23. The highest BCUT2D eigenvalue weighted by atomic mass is 16.2. The minimum absolute atomic E-state index is 0.380. The Morgan fingerprint density at radius 2 is 1.90 bits per heavy atom. The first-order valence-electron chi connectivity index (χ1n) is 10.7. The standard InChI is InChI=1S/C24H27N5O2/c1-17-13-22(20-6-2-3-7-21(20)27-17)28-24(31)23(30)26-15-18-8-11-29(12-9-18)16-19-5-4-10-25-14-19/h2-7,10,13-14,18H,8-9,11-12,15-16H2,1H3,(H,26,30)(H,27,28,31). The van der Waals surface area contributed by atoms with E-state index in [0.717, 1.165) is 49.1 Å². The Kier molecular flexibility index (Phi) is 6.52. The predicted octanol–water partition coefficient (Wildman–Crippen LogP) is 2.91. The Balaban J connectivity index is 1.26. The maximum absolute atomic E-state index is 12.4. The van der Waals surface area contributed by atoms with Gasteiger partial charge in [-0.1, -0.05) is 24.3 Å². The molecule has 4 rings (SSSR count). The number of hydrogen-bond acceptors (Lipinski definition) is 5. The zero-order valence-electron chi connectivity index (χ0n) is 17.7. The highest BCUT2D eigenvalue weighted by Gasteiger charge is 2.22. The molecule has 0 aliphatic carbocycles. The second kappa shape index (κ2) is 9.66. The van der Waals surface area contributed by atoms with Gasteiger partial charge in [0.05, 0.1) is 11.2 Å². The molecule has 2 aromatic heterocycles. The molecule has 0 radical (unpaired) electrons. The van der Waals surface area contributed by atoms with Crippen LogP contribution in [0.4, 0.5) is 5.69 Å². The predicted molar refractivity (Wildman–Crippen MR) is 120 cm³/mol. The summed E-state index contributed by atoms with van der Waals surface area (Å²) in [6.45, 7) is 5.23. The topological polar surface area (TPSA) is 87.2 Å². The number of carbonyl (C=O) groups excluding carboxylic acids is 2. The van der Waals surface area contributed by atoms with Gasteiger partial charge in [-0.15, -0.1) is 0 Å². The average Bonchev–Trinajstić information content (AvgIpc) is 2.79. The van der Waals surface area contributed by atoms with Crippen LogP contribution in [0, 0.1) is 12.8 Å². The number of nitrogens with one attached hydrogen (secondary N) is 2. The Morgan fingerprint density at radius 3 is 2.68 bits per heavy atom. The zero-order chi connectivity index (χ0) is 21.6. The summed E-state index contributed by atoms with van der Waals surface area (Å²) in [5.41, 5.74) is 3.39. The van der Waals surface area contributed by atoms with Crippen LogP contribution in [0.15, 0.2) is 54.9 Å². The van der Waals surface area contributed by atoms with Gasteiger partial charge in [-0.05, 0) is 62.5 Å². The summed E-state index contributed by atoms with van der Waals surface area (Å²) in [6.07, 6.45) is 5.68. The number of carbonyl (C=O) groups is 2. The van der Waals surface area contributed by atoms with Crippen LogP contribution in [0.1, 0.15) is 24.1 Å². The van der Waals surface area contributed by atoms with E-state index >= 15 is 0 Å². The summed E-state index contributed by atoms with van der Waals surface area (Å²) in [5.74, 6) is -0.869. The largest absolute Gasteiger partial charge is 0.348 e. The summed E-state index contributed by atoms with van der Waals surface area (Å²) in [7, 11) is 0. The van der Waals surface area contributed by atoms with Crippen LogP contribution in [0.3, 0.4) is 0 Å². The van der Waals surface area contributed by atoms with Gasteiger partial charge in [0.25, 0.3) is 0 Å². The van der Waals surface area contributed by atoms with Crippen LogP contribution in [-0.4, -0.2) is 46.3 Å². The second-order valence-corrected chi connectivity index (χ2v) is 8.07. The summed E-state index contributed by atoms with van der Waals surface area (Å²) in [4.78, 5) is 35.8. The molecule has 1 fully saturated rings. The summed E-state index contributed by atoms with van der Waals surface area (Å²) in [6, 6.07) is 13.4. The van der Waals surface area contributed by atoms with Crippen molar-refractivity contribution in [1.29, 1.82) is 0 Å². The number of para-hydroxylation sites is 1. The van der Waals surface area contributed by atoms with E-state index in [2.05, 4.69) is 31.6 Å². The third-order valence-corrected chi connectivity index (χ3v) is 5.69. The molecule has 1 aliphatic heterocycles. The van der Waals surface area contributed by atoms with E-state index in [1.54, 1.807) is 12.3 Å². The number of pyridine rings is 2. The molecule has 7 nitrogen and oxygen atoms in total. The van der Waals surface area contributed by atoms with Crippen molar-refractivity contribution >= 4 is 28.4 Å². The van der Waals surface area contributed by atoms with Crippen molar-refractivity contribution in [2.75, 3.05) is 25.0 Å². The Morgan fingerprint density at radius 1 is 1.10 bits per heavy atom. The molecule has 1 aliphatic rings. The minimum Gasteiger partial charge on any atom is -0.348 e. The molecule has 0 bridgehead atoms. The van der Waals surface area contributed by atoms with Gasteiger partial charge in [0.1, 0.15) is 0 Å². The van der Waals surface area contributed by atoms with Crippen molar-refractivity contribution in [3.8, 4) is 0 Å². The Labute approximate surface area is 181 Å². The lowest BCUT2D eigenvalue weighted by molar-refractivity contribution is -0.136. The van der Waals surface area contributed by atoms with E-state index < -0.39 is 11.8 Å². The van der Waals surface area contributed by atoms with Gasteiger partial charge in [-0.2, -0.15) is 0 Å². The molecule has 0 unspecified atom stereocenters. The second-order valence-electron chi connectivity index (χ2n) is 8.07. The molecular formula is C24H27N5O2. The third-order valence-electron chi connectivity index (χ3n) is 5.69. The van der Waals surface area contributed by atoms with Crippen molar-refractivity contribution in [2.24, 2.45) is 5.92 Å². The van der Waals surface area contributed by atoms with E-state index in [4.69, 9.17) is 0 Å².